The summed E-state index contributed by atoms with van der Waals surface area (Å²) >= 11 is 0. The minimum absolute atomic E-state index is 0.281. The molecule has 0 fully saturated rings. The molecule has 0 aliphatic rings. The first-order valence-corrected chi connectivity index (χ1v) is 8.84. The second-order valence-electron chi connectivity index (χ2n) is 5.23. The van der Waals surface area contributed by atoms with Crippen molar-refractivity contribution in [1.82, 2.24) is 10.6 Å². The zero-order valence-electron chi connectivity index (χ0n) is 14.8. The molecule has 2 N–H and O–H groups in total. The Morgan fingerprint density at radius 2 is 1.24 bits per heavy atom. The van der Waals surface area contributed by atoms with Crippen LogP contribution in [0.2, 0.25) is 0 Å². The molecule has 0 aromatic rings. The van der Waals surface area contributed by atoms with Gasteiger partial charge in [0.25, 0.3) is 0 Å². The molecule has 0 aromatic carbocycles. The van der Waals surface area contributed by atoms with E-state index in [-0.39, 0.29) is 6.09 Å². The van der Waals surface area contributed by atoms with E-state index in [0.29, 0.717) is 6.61 Å². The van der Waals surface area contributed by atoms with E-state index in [9.17, 15) is 4.79 Å². The van der Waals surface area contributed by atoms with Crippen molar-refractivity contribution in [3.05, 3.63) is 0 Å². The summed E-state index contributed by atoms with van der Waals surface area (Å²) in [5, 5.41) is 6.07. The number of ether oxygens (including phenoxy) is 1. The van der Waals surface area contributed by atoms with E-state index in [4.69, 9.17) is 4.74 Å². The molecule has 0 heterocycles. The lowest BCUT2D eigenvalue weighted by Crippen LogP contribution is -2.25. The standard InChI is InChI=1S/C9H19NO2.C8H19N/c1-3-5-7-10-9(11)12-8-6-4-2;1-3-5-7-9-8-6-4-2/h3-8H2,1-2H3,(H,10,11);9H,3-8H2,1-2H3. The molecule has 0 aliphatic heterocycles. The zero-order chi connectivity index (χ0) is 16.2. The average molecular weight is 303 g/mol. The first kappa shape index (κ1) is 22.5. The van der Waals surface area contributed by atoms with Crippen molar-refractivity contribution in [2.45, 2.75) is 79.1 Å². The number of unbranched alkanes of at least 4 members (excludes halogenated alkanes) is 4. The minimum atomic E-state index is -0.281. The topological polar surface area (TPSA) is 50.4 Å². The summed E-state index contributed by atoms with van der Waals surface area (Å²) in [5.74, 6) is 0. The van der Waals surface area contributed by atoms with Gasteiger partial charge in [0.2, 0.25) is 0 Å². The van der Waals surface area contributed by atoms with Gasteiger partial charge < -0.3 is 15.4 Å². The van der Waals surface area contributed by atoms with Crippen molar-refractivity contribution in [3.63, 3.8) is 0 Å². The molecule has 0 spiro atoms. The van der Waals surface area contributed by atoms with Gasteiger partial charge in [-0.2, -0.15) is 0 Å². The van der Waals surface area contributed by atoms with Crippen LogP contribution in [0.1, 0.15) is 79.1 Å². The second-order valence-corrected chi connectivity index (χ2v) is 5.23. The van der Waals surface area contributed by atoms with E-state index in [0.717, 1.165) is 32.2 Å². The fraction of sp³-hybridized carbons (Fsp3) is 0.941. The molecule has 0 aliphatic carbocycles. The number of nitrogens with one attached hydrogen (secondary N) is 2. The van der Waals surface area contributed by atoms with Gasteiger partial charge in [-0.05, 0) is 38.8 Å². The molecule has 4 nitrogen and oxygen atoms in total. The molecule has 0 atom stereocenters. The second kappa shape index (κ2) is 21.5. The molecular formula is C17H38N2O2. The van der Waals surface area contributed by atoms with Gasteiger partial charge in [0.05, 0.1) is 6.61 Å². The summed E-state index contributed by atoms with van der Waals surface area (Å²) in [7, 11) is 0. The molecule has 0 aromatic heterocycles. The normalized spacial score (nSPS) is 9.71. The van der Waals surface area contributed by atoms with Crippen LogP contribution < -0.4 is 10.6 Å². The van der Waals surface area contributed by atoms with Crippen molar-refractivity contribution in [2.24, 2.45) is 0 Å². The van der Waals surface area contributed by atoms with Crippen LogP contribution in [0.3, 0.4) is 0 Å². The number of hydrogen-bond acceptors (Lipinski definition) is 3. The van der Waals surface area contributed by atoms with Crippen molar-refractivity contribution in [3.8, 4) is 0 Å². The molecule has 1 amide bonds. The van der Waals surface area contributed by atoms with Gasteiger partial charge in [-0.15, -0.1) is 0 Å². The number of rotatable bonds is 12. The molecule has 128 valence electrons. The Bertz CT molecular complexity index is 181. The summed E-state index contributed by atoms with van der Waals surface area (Å²) in [4.78, 5) is 10.9. The summed E-state index contributed by atoms with van der Waals surface area (Å²) in [6.45, 7) is 12.3. The summed E-state index contributed by atoms with van der Waals surface area (Å²) in [6.07, 6.45) is 9.09. The number of alkyl carbamates (subject to hydrolysis) is 1. The fourth-order valence-corrected chi connectivity index (χ4v) is 1.46. The van der Waals surface area contributed by atoms with Crippen LogP contribution in [0.15, 0.2) is 0 Å². The maximum atomic E-state index is 10.9. The SMILES string of the molecule is CCCCNC(=O)OCCCC.CCCCNCCCC. The number of carbonyl (C=O) groups is 1. The quantitative estimate of drug-likeness (QED) is 0.522. The Labute approximate surface area is 132 Å². The van der Waals surface area contributed by atoms with Gasteiger partial charge in [0.15, 0.2) is 0 Å². The lowest BCUT2D eigenvalue weighted by atomic mass is 10.3. The monoisotopic (exact) mass is 302 g/mol. The smallest absolute Gasteiger partial charge is 0.407 e. The Hall–Kier alpha value is -0.770. The maximum absolute atomic E-state index is 10.9. The Kier molecular flexibility index (Phi) is 23.1. The van der Waals surface area contributed by atoms with Crippen LogP contribution in [0.25, 0.3) is 0 Å². The van der Waals surface area contributed by atoms with E-state index in [1.165, 1.54) is 38.8 Å². The highest BCUT2D eigenvalue weighted by Gasteiger charge is 1.98. The average Bonchev–Trinajstić information content (AvgIpc) is 2.48. The molecule has 0 saturated carbocycles. The molecule has 4 heteroatoms. The molecule has 0 unspecified atom stereocenters. The molecule has 0 rings (SSSR count). The number of hydrogen-bond donors (Lipinski definition) is 2. The predicted molar refractivity (Wildman–Crippen MR) is 91.9 cm³/mol. The third kappa shape index (κ3) is 24.6. The van der Waals surface area contributed by atoms with Gasteiger partial charge in [-0.1, -0.05) is 53.4 Å². The lowest BCUT2D eigenvalue weighted by molar-refractivity contribution is 0.144. The Balaban J connectivity index is 0. The van der Waals surface area contributed by atoms with Crippen LogP contribution >= 0.6 is 0 Å². The van der Waals surface area contributed by atoms with E-state index in [1.807, 2.05) is 0 Å². The van der Waals surface area contributed by atoms with E-state index >= 15 is 0 Å². The summed E-state index contributed by atoms with van der Waals surface area (Å²) in [6, 6.07) is 0. The molecule has 0 saturated heterocycles. The first-order valence-electron chi connectivity index (χ1n) is 8.84. The first-order chi connectivity index (χ1) is 10.2. The van der Waals surface area contributed by atoms with Crippen LogP contribution in [0.5, 0.6) is 0 Å². The molecular weight excluding hydrogens is 264 g/mol. The van der Waals surface area contributed by atoms with Crippen molar-refractivity contribution in [1.29, 1.82) is 0 Å². The van der Waals surface area contributed by atoms with Crippen LogP contribution in [0, 0.1) is 0 Å². The summed E-state index contributed by atoms with van der Waals surface area (Å²) < 4.78 is 4.88. The van der Waals surface area contributed by atoms with Gasteiger partial charge in [-0.25, -0.2) is 4.79 Å². The Morgan fingerprint density at radius 3 is 1.71 bits per heavy atom. The highest BCUT2D eigenvalue weighted by molar-refractivity contribution is 5.66. The van der Waals surface area contributed by atoms with Crippen molar-refractivity contribution < 1.29 is 9.53 Å². The number of carbonyl (C=O) groups excluding carboxylic acids is 1. The van der Waals surface area contributed by atoms with E-state index < -0.39 is 0 Å². The van der Waals surface area contributed by atoms with Crippen LogP contribution in [-0.4, -0.2) is 32.3 Å². The van der Waals surface area contributed by atoms with Crippen LogP contribution in [-0.2, 0) is 4.74 Å². The van der Waals surface area contributed by atoms with Gasteiger partial charge in [0, 0.05) is 6.54 Å². The summed E-state index contributed by atoms with van der Waals surface area (Å²) in [5.41, 5.74) is 0. The highest BCUT2D eigenvalue weighted by atomic mass is 16.5. The molecule has 21 heavy (non-hydrogen) atoms. The third-order valence-electron chi connectivity index (χ3n) is 2.94. The molecule has 0 bridgehead atoms. The fourth-order valence-electron chi connectivity index (χ4n) is 1.46. The third-order valence-corrected chi connectivity index (χ3v) is 2.94. The molecule has 0 radical (unpaired) electrons. The number of amides is 1. The lowest BCUT2D eigenvalue weighted by Gasteiger charge is -2.04. The van der Waals surface area contributed by atoms with Crippen molar-refractivity contribution in [2.75, 3.05) is 26.2 Å². The van der Waals surface area contributed by atoms with Crippen LogP contribution in [0.4, 0.5) is 4.79 Å². The van der Waals surface area contributed by atoms with E-state index in [1.54, 1.807) is 0 Å². The van der Waals surface area contributed by atoms with E-state index in [2.05, 4.69) is 38.3 Å². The Morgan fingerprint density at radius 1 is 0.762 bits per heavy atom. The van der Waals surface area contributed by atoms with Gasteiger partial charge in [-0.3, -0.25) is 0 Å². The van der Waals surface area contributed by atoms with Gasteiger partial charge >= 0.3 is 6.09 Å². The minimum Gasteiger partial charge on any atom is -0.450 e. The maximum Gasteiger partial charge on any atom is 0.407 e. The highest BCUT2D eigenvalue weighted by Crippen LogP contribution is 1.89. The zero-order valence-corrected chi connectivity index (χ0v) is 14.8. The predicted octanol–water partition coefficient (Wildman–Crippen LogP) is 4.49. The van der Waals surface area contributed by atoms with Gasteiger partial charge in [0.1, 0.15) is 0 Å². The largest absolute Gasteiger partial charge is 0.450 e. The van der Waals surface area contributed by atoms with Crippen molar-refractivity contribution >= 4 is 6.09 Å².